The van der Waals surface area contributed by atoms with Crippen LogP contribution in [-0.2, 0) is 6.54 Å². The minimum atomic E-state index is -0.547. The molecule has 1 saturated carbocycles. The lowest BCUT2D eigenvalue weighted by Gasteiger charge is -2.22. The predicted octanol–water partition coefficient (Wildman–Crippen LogP) is 3.61. The van der Waals surface area contributed by atoms with Crippen molar-refractivity contribution in [1.82, 2.24) is 10.3 Å². The molecule has 1 fully saturated rings. The van der Waals surface area contributed by atoms with E-state index in [1.807, 2.05) is 23.6 Å². The maximum absolute atomic E-state index is 10.0. The van der Waals surface area contributed by atoms with Gasteiger partial charge in [-0.1, -0.05) is 6.42 Å². The normalized spacial score (nSPS) is 18.4. The lowest BCUT2D eigenvalue weighted by atomic mass is 9.86. The van der Waals surface area contributed by atoms with Crippen molar-refractivity contribution in [3.63, 3.8) is 0 Å². The largest absolute Gasteiger partial charge is 0.467 e. The number of furan rings is 1. The van der Waals surface area contributed by atoms with Gasteiger partial charge < -0.3 is 14.8 Å². The summed E-state index contributed by atoms with van der Waals surface area (Å²) in [7, 11) is 0. The molecule has 2 aromatic rings. The van der Waals surface area contributed by atoms with E-state index in [0.29, 0.717) is 18.1 Å². The first-order valence-electron chi connectivity index (χ1n) is 7.62. The summed E-state index contributed by atoms with van der Waals surface area (Å²) in [6.07, 6.45) is 7.62. The van der Waals surface area contributed by atoms with Gasteiger partial charge in [0.05, 0.1) is 11.3 Å². The number of thiazole rings is 1. The second kappa shape index (κ2) is 6.73. The van der Waals surface area contributed by atoms with E-state index in [-0.39, 0.29) is 6.04 Å². The molecule has 0 radical (unpaired) electrons. The van der Waals surface area contributed by atoms with Crippen molar-refractivity contribution >= 4 is 11.3 Å². The van der Waals surface area contributed by atoms with Crippen molar-refractivity contribution in [3.05, 3.63) is 40.2 Å². The van der Waals surface area contributed by atoms with Crippen LogP contribution in [0.3, 0.4) is 0 Å². The molecule has 1 aliphatic rings. The van der Waals surface area contributed by atoms with Gasteiger partial charge in [0.15, 0.2) is 0 Å². The van der Waals surface area contributed by atoms with Gasteiger partial charge in [-0.15, -0.1) is 11.3 Å². The fraction of sp³-hybridized carbons (Fsp3) is 0.562. The van der Waals surface area contributed by atoms with Gasteiger partial charge >= 0.3 is 0 Å². The third-order valence-electron chi connectivity index (χ3n) is 4.10. The second-order valence-corrected chi connectivity index (χ2v) is 6.99. The van der Waals surface area contributed by atoms with Crippen molar-refractivity contribution in [2.75, 3.05) is 0 Å². The molecule has 0 aromatic carbocycles. The molecular formula is C16H22N2O2S. The Morgan fingerprint density at radius 3 is 3.05 bits per heavy atom. The monoisotopic (exact) mass is 306 g/mol. The molecule has 2 aromatic heterocycles. The quantitative estimate of drug-likeness (QED) is 0.820. The predicted molar refractivity (Wildman–Crippen MR) is 83.3 cm³/mol. The van der Waals surface area contributed by atoms with E-state index in [1.54, 1.807) is 12.3 Å². The highest BCUT2D eigenvalue weighted by Crippen LogP contribution is 2.38. The zero-order valence-electron chi connectivity index (χ0n) is 12.3. The van der Waals surface area contributed by atoms with E-state index in [9.17, 15) is 5.11 Å². The van der Waals surface area contributed by atoms with Gasteiger partial charge in [0.2, 0.25) is 0 Å². The van der Waals surface area contributed by atoms with Crippen LogP contribution in [0.15, 0.2) is 29.0 Å². The van der Waals surface area contributed by atoms with Gasteiger partial charge in [0, 0.05) is 29.6 Å². The number of aliphatic hydroxyl groups is 1. The fourth-order valence-electron chi connectivity index (χ4n) is 2.54. The molecule has 0 bridgehead atoms. The SMILES string of the molecule is CC(CC(O)c1ccco1)NCc1cnc(C2CCC2)s1. The van der Waals surface area contributed by atoms with Crippen LogP contribution in [0.2, 0.25) is 0 Å². The molecule has 2 heterocycles. The van der Waals surface area contributed by atoms with E-state index in [2.05, 4.69) is 17.2 Å². The number of aromatic nitrogens is 1. The Morgan fingerprint density at radius 2 is 2.38 bits per heavy atom. The van der Waals surface area contributed by atoms with Crippen LogP contribution in [0.5, 0.6) is 0 Å². The van der Waals surface area contributed by atoms with E-state index < -0.39 is 6.10 Å². The topological polar surface area (TPSA) is 58.3 Å². The zero-order chi connectivity index (χ0) is 14.7. The van der Waals surface area contributed by atoms with E-state index in [1.165, 1.54) is 29.1 Å². The lowest BCUT2D eigenvalue weighted by Crippen LogP contribution is -2.27. The first kappa shape index (κ1) is 14.8. The van der Waals surface area contributed by atoms with Gasteiger partial charge in [0.25, 0.3) is 0 Å². The third kappa shape index (κ3) is 3.73. The third-order valence-corrected chi connectivity index (χ3v) is 5.26. The molecule has 0 spiro atoms. The number of nitrogens with one attached hydrogen (secondary N) is 1. The van der Waals surface area contributed by atoms with Crippen molar-refractivity contribution in [2.45, 2.75) is 57.2 Å². The molecule has 1 aliphatic carbocycles. The molecule has 0 amide bonds. The van der Waals surface area contributed by atoms with Crippen LogP contribution in [0.4, 0.5) is 0 Å². The van der Waals surface area contributed by atoms with Crippen molar-refractivity contribution in [1.29, 1.82) is 0 Å². The number of rotatable bonds is 7. The van der Waals surface area contributed by atoms with Crippen LogP contribution in [0.25, 0.3) is 0 Å². The fourth-order valence-corrected chi connectivity index (χ4v) is 3.58. The van der Waals surface area contributed by atoms with Crippen LogP contribution >= 0.6 is 11.3 Å². The zero-order valence-corrected chi connectivity index (χ0v) is 13.1. The van der Waals surface area contributed by atoms with Gasteiger partial charge in [-0.25, -0.2) is 4.98 Å². The maximum atomic E-state index is 10.0. The van der Waals surface area contributed by atoms with Crippen LogP contribution < -0.4 is 5.32 Å². The van der Waals surface area contributed by atoms with Crippen molar-refractivity contribution in [3.8, 4) is 0 Å². The molecule has 2 unspecified atom stereocenters. The van der Waals surface area contributed by atoms with Gasteiger partial charge in [-0.2, -0.15) is 0 Å². The Hall–Kier alpha value is -1.17. The smallest absolute Gasteiger partial charge is 0.132 e. The molecular weight excluding hydrogens is 284 g/mol. The first-order chi connectivity index (χ1) is 10.2. The van der Waals surface area contributed by atoms with E-state index in [4.69, 9.17) is 4.42 Å². The Morgan fingerprint density at radius 1 is 1.52 bits per heavy atom. The van der Waals surface area contributed by atoms with Crippen LogP contribution in [-0.4, -0.2) is 16.1 Å². The molecule has 114 valence electrons. The molecule has 0 aliphatic heterocycles. The van der Waals surface area contributed by atoms with E-state index >= 15 is 0 Å². The second-order valence-electron chi connectivity index (χ2n) is 5.84. The number of hydrogen-bond donors (Lipinski definition) is 2. The summed E-state index contributed by atoms with van der Waals surface area (Å²) < 4.78 is 5.22. The Labute approximate surface area is 129 Å². The summed E-state index contributed by atoms with van der Waals surface area (Å²) in [5.41, 5.74) is 0. The highest BCUT2D eigenvalue weighted by Gasteiger charge is 2.22. The number of nitrogens with zero attached hydrogens (tertiary/aromatic N) is 1. The maximum Gasteiger partial charge on any atom is 0.132 e. The Balaban J connectivity index is 1.44. The minimum Gasteiger partial charge on any atom is -0.467 e. The van der Waals surface area contributed by atoms with Gasteiger partial charge in [-0.05, 0) is 38.3 Å². The highest BCUT2D eigenvalue weighted by molar-refractivity contribution is 7.11. The molecule has 2 N–H and O–H groups in total. The van der Waals surface area contributed by atoms with E-state index in [0.717, 1.165) is 6.54 Å². The standard InChI is InChI=1S/C16H22N2O2S/c1-11(8-14(19)15-6-3-7-20-15)17-9-13-10-18-16(21-13)12-4-2-5-12/h3,6-7,10-12,14,17,19H,2,4-5,8-9H2,1H3. The molecule has 4 nitrogen and oxygen atoms in total. The average Bonchev–Trinajstić information content (AvgIpc) is 3.05. The molecule has 0 saturated heterocycles. The van der Waals surface area contributed by atoms with Gasteiger partial charge in [-0.3, -0.25) is 0 Å². The number of hydrogen-bond acceptors (Lipinski definition) is 5. The first-order valence-corrected chi connectivity index (χ1v) is 8.43. The Kier molecular flexibility index (Phi) is 4.73. The summed E-state index contributed by atoms with van der Waals surface area (Å²) in [5.74, 6) is 1.34. The average molecular weight is 306 g/mol. The minimum absolute atomic E-state index is 0.222. The molecule has 2 atom stereocenters. The summed E-state index contributed by atoms with van der Waals surface area (Å²) in [5, 5.41) is 14.8. The van der Waals surface area contributed by atoms with Crippen LogP contribution in [0.1, 0.15) is 60.3 Å². The summed E-state index contributed by atoms with van der Waals surface area (Å²) in [6, 6.07) is 3.83. The molecule has 5 heteroatoms. The molecule has 21 heavy (non-hydrogen) atoms. The summed E-state index contributed by atoms with van der Waals surface area (Å²) in [6.45, 7) is 2.90. The van der Waals surface area contributed by atoms with Gasteiger partial charge in [0.1, 0.15) is 11.9 Å². The summed E-state index contributed by atoms with van der Waals surface area (Å²) in [4.78, 5) is 5.81. The van der Waals surface area contributed by atoms with Crippen molar-refractivity contribution < 1.29 is 9.52 Å². The van der Waals surface area contributed by atoms with Crippen LogP contribution in [0, 0.1) is 0 Å². The lowest BCUT2D eigenvalue weighted by molar-refractivity contribution is 0.128. The summed E-state index contributed by atoms with van der Waals surface area (Å²) >= 11 is 1.82. The number of aliphatic hydroxyl groups excluding tert-OH is 1. The highest BCUT2D eigenvalue weighted by atomic mass is 32.1. The molecule has 3 rings (SSSR count). The van der Waals surface area contributed by atoms with Crippen molar-refractivity contribution in [2.24, 2.45) is 0 Å². The Bertz CT molecular complexity index is 548.